The SMILES string of the molecule is CCOC(=O)C(COC(=O)Cc1ccc(NC(=O)c2ccccc2-c2ccc(C(F)(F)F)cc2)cc1)(C(=O)OCC)c1ccccn1. The number of nitrogens with one attached hydrogen (secondary N) is 1. The maximum absolute atomic E-state index is 13.2. The van der Waals surface area contributed by atoms with Crippen LogP contribution in [0.1, 0.15) is 41.0 Å². The van der Waals surface area contributed by atoms with E-state index in [1.165, 1.54) is 24.4 Å². The number of anilines is 1. The lowest BCUT2D eigenvalue weighted by molar-refractivity contribution is -0.170. The molecule has 1 N–H and O–H groups in total. The smallest absolute Gasteiger partial charge is 0.416 e. The Bertz CT molecular complexity index is 1690. The van der Waals surface area contributed by atoms with Crippen molar-refractivity contribution in [3.05, 3.63) is 120 Å². The van der Waals surface area contributed by atoms with Gasteiger partial charge in [-0.2, -0.15) is 13.2 Å². The minimum Gasteiger partial charge on any atom is -0.465 e. The number of carbonyl (C=O) groups is 4. The summed E-state index contributed by atoms with van der Waals surface area (Å²) in [5.41, 5.74) is -0.877. The number of hydrogen-bond donors (Lipinski definition) is 1. The Kier molecular flexibility index (Phi) is 11.1. The van der Waals surface area contributed by atoms with Gasteiger partial charge in [0.15, 0.2) is 0 Å². The predicted molar refractivity (Wildman–Crippen MR) is 165 cm³/mol. The molecule has 47 heavy (non-hydrogen) atoms. The van der Waals surface area contributed by atoms with Gasteiger partial charge >= 0.3 is 24.1 Å². The van der Waals surface area contributed by atoms with Crippen LogP contribution in [0.15, 0.2) is 97.2 Å². The number of carbonyl (C=O) groups excluding carboxylic acids is 4. The number of ether oxygens (including phenoxy) is 3. The summed E-state index contributed by atoms with van der Waals surface area (Å²) < 4.78 is 54.8. The van der Waals surface area contributed by atoms with Gasteiger partial charge in [-0.1, -0.05) is 48.5 Å². The minimum atomic E-state index is -4.48. The maximum atomic E-state index is 13.2. The van der Waals surface area contributed by atoms with E-state index in [4.69, 9.17) is 14.2 Å². The quantitative estimate of drug-likeness (QED) is 0.110. The van der Waals surface area contributed by atoms with Crippen molar-refractivity contribution >= 4 is 29.5 Å². The zero-order chi connectivity index (χ0) is 34.0. The molecule has 12 heteroatoms. The first-order valence-electron chi connectivity index (χ1n) is 14.6. The Morgan fingerprint density at radius 3 is 1.94 bits per heavy atom. The van der Waals surface area contributed by atoms with Gasteiger partial charge in [0, 0.05) is 17.4 Å². The number of halogens is 3. The topological polar surface area (TPSA) is 121 Å². The molecule has 1 aromatic heterocycles. The Morgan fingerprint density at radius 1 is 0.745 bits per heavy atom. The molecule has 0 aliphatic carbocycles. The van der Waals surface area contributed by atoms with Gasteiger partial charge in [0.1, 0.15) is 6.61 Å². The molecule has 4 rings (SSSR count). The highest BCUT2D eigenvalue weighted by molar-refractivity contribution is 6.09. The van der Waals surface area contributed by atoms with Crippen molar-refractivity contribution in [2.24, 2.45) is 0 Å². The number of benzene rings is 3. The van der Waals surface area contributed by atoms with Crippen LogP contribution in [0.4, 0.5) is 18.9 Å². The summed E-state index contributed by atoms with van der Waals surface area (Å²) in [6, 6.07) is 22.0. The van der Waals surface area contributed by atoms with Crippen molar-refractivity contribution in [3.8, 4) is 11.1 Å². The second-order valence-corrected chi connectivity index (χ2v) is 10.2. The Morgan fingerprint density at radius 2 is 1.36 bits per heavy atom. The van der Waals surface area contributed by atoms with E-state index in [0.717, 1.165) is 12.1 Å². The molecule has 4 aromatic rings. The molecule has 0 saturated heterocycles. The second-order valence-electron chi connectivity index (χ2n) is 10.2. The molecule has 0 aliphatic rings. The van der Waals surface area contributed by atoms with Crippen LogP contribution in [0.3, 0.4) is 0 Å². The number of hydrogen-bond acceptors (Lipinski definition) is 8. The monoisotopic (exact) mass is 648 g/mol. The number of alkyl halides is 3. The summed E-state index contributed by atoms with van der Waals surface area (Å²) in [6.45, 7) is 2.37. The van der Waals surface area contributed by atoms with Gasteiger partial charge in [-0.05, 0) is 73.0 Å². The molecule has 0 unspecified atom stereocenters. The summed E-state index contributed by atoms with van der Waals surface area (Å²) in [5.74, 6) is -3.17. The highest BCUT2D eigenvalue weighted by Gasteiger charge is 2.53. The molecule has 1 heterocycles. The van der Waals surface area contributed by atoms with E-state index in [1.807, 2.05) is 0 Å². The van der Waals surface area contributed by atoms with Gasteiger partial charge < -0.3 is 19.5 Å². The van der Waals surface area contributed by atoms with E-state index >= 15 is 0 Å². The molecular formula is C35H31F3N2O7. The summed E-state index contributed by atoms with van der Waals surface area (Å²) >= 11 is 0. The highest BCUT2D eigenvalue weighted by atomic mass is 19.4. The maximum Gasteiger partial charge on any atom is 0.416 e. The van der Waals surface area contributed by atoms with E-state index in [2.05, 4.69) is 10.3 Å². The van der Waals surface area contributed by atoms with Crippen LogP contribution in [-0.2, 0) is 46.6 Å². The van der Waals surface area contributed by atoms with Crippen LogP contribution in [-0.4, -0.2) is 48.6 Å². The molecule has 0 spiro atoms. The fourth-order valence-corrected chi connectivity index (χ4v) is 4.69. The third kappa shape index (κ3) is 8.20. The number of amides is 1. The van der Waals surface area contributed by atoms with Gasteiger partial charge in [0.25, 0.3) is 5.91 Å². The number of esters is 3. The Hall–Kier alpha value is -5.52. The highest BCUT2D eigenvalue weighted by Crippen LogP contribution is 2.32. The van der Waals surface area contributed by atoms with E-state index in [1.54, 1.807) is 74.5 Å². The molecule has 0 bridgehead atoms. The standard InChI is InChI=1S/C35H31F3N2O7/c1-3-45-32(43)34(33(44)46-4-2,29-11-7-8-20-39-29)22-47-30(41)21-23-12-18-26(19-13-23)40-31(42)28-10-6-5-9-27(28)24-14-16-25(17-15-24)35(36,37)38/h5-20H,3-4,21-22H2,1-2H3,(H,40,42). The number of pyridine rings is 1. The lowest BCUT2D eigenvalue weighted by Crippen LogP contribution is -2.51. The second kappa shape index (κ2) is 15.2. The molecule has 0 fully saturated rings. The van der Waals surface area contributed by atoms with E-state index < -0.39 is 47.6 Å². The molecule has 244 valence electrons. The molecular weight excluding hydrogens is 617 g/mol. The van der Waals surface area contributed by atoms with Crippen LogP contribution in [0.2, 0.25) is 0 Å². The lowest BCUT2D eigenvalue weighted by atomic mass is 9.84. The van der Waals surface area contributed by atoms with Crippen molar-refractivity contribution < 1.29 is 46.6 Å². The van der Waals surface area contributed by atoms with Gasteiger partial charge in [-0.3, -0.25) is 24.2 Å². The normalized spacial score (nSPS) is 11.3. The molecule has 0 atom stereocenters. The van der Waals surface area contributed by atoms with Crippen LogP contribution in [0.25, 0.3) is 11.1 Å². The zero-order valence-electron chi connectivity index (χ0n) is 25.5. The first-order chi connectivity index (χ1) is 22.5. The van der Waals surface area contributed by atoms with Crippen molar-refractivity contribution in [3.63, 3.8) is 0 Å². The Balaban J connectivity index is 1.45. The molecule has 3 aromatic carbocycles. The van der Waals surface area contributed by atoms with Crippen molar-refractivity contribution in [2.45, 2.75) is 31.9 Å². The first kappa shape index (κ1) is 34.4. The van der Waals surface area contributed by atoms with Crippen LogP contribution in [0, 0.1) is 0 Å². The Labute approximate surface area is 268 Å². The fourth-order valence-electron chi connectivity index (χ4n) is 4.69. The first-order valence-corrected chi connectivity index (χ1v) is 14.6. The third-order valence-electron chi connectivity index (χ3n) is 7.05. The third-order valence-corrected chi connectivity index (χ3v) is 7.05. The van der Waals surface area contributed by atoms with Gasteiger partial charge in [0.2, 0.25) is 5.41 Å². The number of rotatable bonds is 12. The van der Waals surface area contributed by atoms with E-state index in [0.29, 0.717) is 22.4 Å². The van der Waals surface area contributed by atoms with E-state index in [-0.39, 0.29) is 30.9 Å². The molecule has 1 amide bonds. The van der Waals surface area contributed by atoms with E-state index in [9.17, 15) is 32.3 Å². The van der Waals surface area contributed by atoms with Gasteiger partial charge in [0.05, 0.1) is 30.9 Å². The number of aromatic nitrogens is 1. The summed E-state index contributed by atoms with van der Waals surface area (Å²) in [7, 11) is 0. The summed E-state index contributed by atoms with van der Waals surface area (Å²) in [5, 5.41) is 2.75. The number of nitrogens with zero attached hydrogens (tertiary/aromatic N) is 1. The van der Waals surface area contributed by atoms with Crippen molar-refractivity contribution in [1.82, 2.24) is 4.98 Å². The molecule has 9 nitrogen and oxygen atoms in total. The molecule has 0 aliphatic heterocycles. The predicted octanol–water partition coefficient (Wildman–Crippen LogP) is 6.17. The van der Waals surface area contributed by atoms with Crippen LogP contribution < -0.4 is 5.32 Å². The molecule has 0 radical (unpaired) electrons. The van der Waals surface area contributed by atoms with Crippen molar-refractivity contribution in [2.75, 3.05) is 25.1 Å². The lowest BCUT2D eigenvalue weighted by Gasteiger charge is -2.28. The average Bonchev–Trinajstić information content (AvgIpc) is 3.06. The largest absolute Gasteiger partial charge is 0.465 e. The fraction of sp³-hybridized carbons (Fsp3) is 0.229. The zero-order valence-corrected chi connectivity index (χ0v) is 25.5. The summed E-state index contributed by atoms with van der Waals surface area (Å²) in [6.07, 6.45) is -3.32. The van der Waals surface area contributed by atoms with Crippen LogP contribution in [0.5, 0.6) is 0 Å². The van der Waals surface area contributed by atoms with Gasteiger partial charge in [-0.15, -0.1) is 0 Å². The van der Waals surface area contributed by atoms with Crippen LogP contribution >= 0.6 is 0 Å². The average molecular weight is 649 g/mol. The minimum absolute atomic E-state index is 0.00434. The van der Waals surface area contributed by atoms with Gasteiger partial charge in [-0.25, -0.2) is 0 Å². The van der Waals surface area contributed by atoms with Crippen molar-refractivity contribution in [1.29, 1.82) is 0 Å². The molecule has 0 saturated carbocycles. The summed E-state index contributed by atoms with van der Waals surface area (Å²) in [4.78, 5) is 56.4.